The van der Waals surface area contributed by atoms with Crippen molar-refractivity contribution in [1.29, 1.82) is 0 Å². The van der Waals surface area contributed by atoms with Crippen LogP contribution >= 0.6 is 0 Å². The third kappa shape index (κ3) is 2.35. The summed E-state index contributed by atoms with van der Waals surface area (Å²) in [5.41, 5.74) is 1.71. The van der Waals surface area contributed by atoms with Gasteiger partial charge in [0, 0.05) is 13.1 Å². The lowest BCUT2D eigenvalue weighted by atomic mass is 9.84. The molecule has 1 aromatic carbocycles. The number of carbonyl (C=O) groups is 1. The summed E-state index contributed by atoms with van der Waals surface area (Å²) in [6.45, 7) is 6.32. The number of hydrogen-bond donors (Lipinski definition) is 1. The van der Waals surface area contributed by atoms with E-state index in [4.69, 9.17) is 9.52 Å². The van der Waals surface area contributed by atoms with Crippen LogP contribution in [-0.2, 0) is 0 Å². The van der Waals surface area contributed by atoms with Crippen molar-refractivity contribution in [2.45, 2.75) is 26.7 Å². The van der Waals surface area contributed by atoms with Crippen molar-refractivity contribution in [3.8, 4) is 0 Å². The summed E-state index contributed by atoms with van der Waals surface area (Å²) in [6, 6.07) is 5.37. The Morgan fingerprint density at radius 1 is 1.45 bits per heavy atom. The summed E-state index contributed by atoms with van der Waals surface area (Å²) in [6.07, 6.45) is 2.32. The number of fused-ring (bicyclic) bond motifs is 1. The van der Waals surface area contributed by atoms with Gasteiger partial charge in [0.2, 0.25) is 0 Å². The second kappa shape index (κ2) is 4.51. The lowest BCUT2D eigenvalue weighted by molar-refractivity contribution is 0.0697. The van der Waals surface area contributed by atoms with E-state index in [9.17, 15) is 4.79 Å². The zero-order valence-corrected chi connectivity index (χ0v) is 11.7. The number of benzene rings is 1. The molecule has 1 aromatic heterocycles. The van der Waals surface area contributed by atoms with E-state index in [-0.39, 0.29) is 11.0 Å². The number of aromatic nitrogens is 1. The molecule has 106 valence electrons. The van der Waals surface area contributed by atoms with Crippen LogP contribution in [0.4, 0.5) is 6.01 Å². The van der Waals surface area contributed by atoms with Gasteiger partial charge in [0.25, 0.3) is 6.01 Å². The van der Waals surface area contributed by atoms with Gasteiger partial charge < -0.3 is 14.4 Å². The monoisotopic (exact) mass is 274 g/mol. The highest BCUT2D eigenvalue weighted by Gasteiger charge is 2.28. The van der Waals surface area contributed by atoms with E-state index in [2.05, 4.69) is 23.7 Å². The Labute approximate surface area is 117 Å². The zero-order chi connectivity index (χ0) is 14.3. The Kier molecular flexibility index (Phi) is 2.92. The Hall–Kier alpha value is -2.04. The van der Waals surface area contributed by atoms with E-state index in [1.165, 1.54) is 12.5 Å². The molecule has 2 aromatic rings. The van der Waals surface area contributed by atoms with Gasteiger partial charge in [-0.25, -0.2) is 4.79 Å². The van der Waals surface area contributed by atoms with Crippen LogP contribution in [0.3, 0.4) is 0 Å². The van der Waals surface area contributed by atoms with Gasteiger partial charge in [-0.15, -0.1) is 0 Å². The molecule has 0 amide bonds. The topological polar surface area (TPSA) is 66.6 Å². The maximum Gasteiger partial charge on any atom is 0.335 e. The first-order valence-corrected chi connectivity index (χ1v) is 6.83. The molecule has 1 N–H and O–H groups in total. The molecule has 0 aliphatic carbocycles. The fraction of sp³-hybridized carbons (Fsp3) is 0.467. The number of carboxylic acid groups (broad SMARTS) is 1. The number of anilines is 1. The lowest BCUT2D eigenvalue weighted by Crippen LogP contribution is -2.40. The summed E-state index contributed by atoms with van der Waals surface area (Å²) in [7, 11) is 0. The Morgan fingerprint density at radius 3 is 2.95 bits per heavy atom. The second-order valence-electron chi connectivity index (χ2n) is 6.17. The third-order valence-electron chi connectivity index (χ3n) is 3.80. The van der Waals surface area contributed by atoms with Crippen LogP contribution in [-0.4, -0.2) is 29.1 Å². The van der Waals surface area contributed by atoms with Gasteiger partial charge in [-0.3, -0.25) is 0 Å². The fourth-order valence-corrected chi connectivity index (χ4v) is 2.77. The molecule has 0 radical (unpaired) electrons. The van der Waals surface area contributed by atoms with E-state index < -0.39 is 5.97 Å². The number of nitrogens with zero attached hydrogens (tertiary/aromatic N) is 2. The first-order chi connectivity index (χ1) is 9.44. The molecule has 0 spiro atoms. The molecule has 1 aliphatic heterocycles. The van der Waals surface area contributed by atoms with E-state index >= 15 is 0 Å². The molecule has 0 bridgehead atoms. The molecule has 0 atom stereocenters. The number of aromatic carboxylic acids is 1. The molecule has 0 saturated carbocycles. The molecular weight excluding hydrogens is 256 g/mol. The first kappa shape index (κ1) is 13.0. The average molecular weight is 274 g/mol. The van der Waals surface area contributed by atoms with Crippen LogP contribution in [0, 0.1) is 5.41 Å². The average Bonchev–Trinajstić information content (AvgIpc) is 2.80. The summed E-state index contributed by atoms with van der Waals surface area (Å²) >= 11 is 0. The van der Waals surface area contributed by atoms with Gasteiger partial charge in [0.1, 0.15) is 5.52 Å². The van der Waals surface area contributed by atoms with Crippen molar-refractivity contribution < 1.29 is 14.3 Å². The van der Waals surface area contributed by atoms with Crippen LogP contribution in [0.15, 0.2) is 22.6 Å². The standard InChI is InChI=1S/C15H18N2O3/c1-15(2)6-3-7-17(9-15)14-16-11-5-4-10(13(18)19)8-12(11)20-14/h4-5,8H,3,6-7,9H2,1-2H3,(H,18,19). The lowest BCUT2D eigenvalue weighted by Gasteiger charge is -2.37. The van der Waals surface area contributed by atoms with Crippen LogP contribution in [0.5, 0.6) is 0 Å². The summed E-state index contributed by atoms with van der Waals surface area (Å²) in [5, 5.41) is 9.00. The molecule has 1 aliphatic rings. The Balaban J connectivity index is 1.94. The van der Waals surface area contributed by atoms with Crippen molar-refractivity contribution in [3.05, 3.63) is 23.8 Å². The number of piperidine rings is 1. The van der Waals surface area contributed by atoms with Crippen molar-refractivity contribution in [1.82, 2.24) is 4.98 Å². The van der Waals surface area contributed by atoms with E-state index in [0.717, 1.165) is 19.5 Å². The molecule has 5 heteroatoms. The van der Waals surface area contributed by atoms with Gasteiger partial charge >= 0.3 is 5.97 Å². The molecule has 1 saturated heterocycles. The highest BCUT2D eigenvalue weighted by molar-refractivity contribution is 5.92. The molecule has 0 unspecified atom stereocenters. The third-order valence-corrected chi connectivity index (χ3v) is 3.80. The molecule has 20 heavy (non-hydrogen) atoms. The van der Waals surface area contributed by atoms with Crippen molar-refractivity contribution >= 4 is 23.1 Å². The molecule has 3 rings (SSSR count). The normalized spacial score (nSPS) is 18.4. The Bertz CT molecular complexity index is 660. The number of rotatable bonds is 2. The predicted molar refractivity (Wildman–Crippen MR) is 76.2 cm³/mol. The highest BCUT2D eigenvalue weighted by Crippen LogP contribution is 2.32. The predicted octanol–water partition coefficient (Wildman–Crippen LogP) is 3.15. The largest absolute Gasteiger partial charge is 0.478 e. The van der Waals surface area contributed by atoms with Gasteiger partial charge in [0.05, 0.1) is 5.56 Å². The minimum absolute atomic E-state index is 0.221. The molecular formula is C15H18N2O3. The van der Waals surface area contributed by atoms with Crippen LogP contribution in [0.25, 0.3) is 11.1 Å². The number of oxazole rings is 1. The number of carboxylic acids is 1. The van der Waals surface area contributed by atoms with Gasteiger partial charge in [0.15, 0.2) is 5.58 Å². The maximum absolute atomic E-state index is 11.0. The van der Waals surface area contributed by atoms with Crippen molar-refractivity contribution in [3.63, 3.8) is 0 Å². The van der Waals surface area contributed by atoms with Gasteiger partial charge in [-0.05, 0) is 36.5 Å². The van der Waals surface area contributed by atoms with E-state index in [1.54, 1.807) is 12.1 Å². The fourth-order valence-electron chi connectivity index (χ4n) is 2.77. The second-order valence-corrected chi connectivity index (χ2v) is 6.17. The van der Waals surface area contributed by atoms with Crippen LogP contribution in [0.1, 0.15) is 37.0 Å². The molecule has 2 heterocycles. The van der Waals surface area contributed by atoms with Crippen molar-refractivity contribution in [2.75, 3.05) is 18.0 Å². The quantitative estimate of drug-likeness (QED) is 0.911. The first-order valence-electron chi connectivity index (χ1n) is 6.83. The summed E-state index contributed by atoms with van der Waals surface area (Å²) in [5.74, 6) is -0.955. The molecule has 1 fully saturated rings. The van der Waals surface area contributed by atoms with E-state index in [0.29, 0.717) is 17.1 Å². The SMILES string of the molecule is CC1(C)CCCN(c2nc3ccc(C(=O)O)cc3o2)C1. The van der Waals surface area contributed by atoms with Crippen molar-refractivity contribution in [2.24, 2.45) is 5.41 Å². The Morgan fingerprint density at radius 2 is 2.25 bits per heavy atom. The zero-order valence-electron chi connectivity index (χ0n) is 11.7. The van der Waals surface area contributed by atoms with Crippen LogP contribution in [0.2, 0.25) is 0 Å². The smallest absolute Gasteiger partial charge is 0.335 e. The van der Waals surface area contributed by atoms with E-state index in [1.807, 2.05) is 0 Å². The van der Waals surface area contributed by atoms with Gasteiger partial charge in [-0.1, -0.05) is 13.8 Å². The minimum Gasteiger partial charge on any atom is -0.478 e. The highest BCUT2D eigenvalue weighted by atomic mass is 16.4. The summed E-state index contributed by atoms with van der Waals surface area (Å²) < 4.78 is 5.74. The van der Waals surface area contributed by atoms with Crippen LogP contribution < -0.4 is 4.90 Å². The summed E-state index contributed by atoms with van der Waals surface area (Å²) in [4.78, 5) is 17.6. The molecule has 5 nitrogen and oxygen atoms in total. The minimum atomic E-state index is -0.955. The van der Waals surface area contributed by atoms with Gasteiger partial charge in [-0.2, -0.15) is 4.98 Å². The number of hydrogen-bond acceptors (Lipinski definition) is 4. The maximum atomic E-state index is 11.0.